The van der Waals surface area contributed by atoms with Crippen LogP contribution in [0.4, 0.5) is 0 Å². The van der Waals surface area contributed by atoms with Gasteiger partial charge in [0.25, 0.3) is 5.91 Å². The number of ether oxygens (including phenoxy) is 2. The van der Waals surface area contributed by atoms with Gasteiger partial charge in [0.15, 0.2) is 0 Å². The maximum absolute atomic E-state index is 12.6. The molecule has 0 radical (unpaired) electrons. The lowest BCUT2D eigenvalue weighted by Gasteiger charge is -2.32. The average Bonchev–Trinajstić information content (AvgIpc) is 2.52. The molecule has 4 nitrogen and oxygen atoms in total. The largest absolute Gasteiger partial charge is 0.496 e. The van der Waals surface area contributed by atoms with E-state index in [-0.39, 0.29) is 12.0 Å². The summed E-state index contributed by atoms with van der Waals surface area (Å²) in [7, 11) is 1.61. The second-order valence-corrected chi connectivity index (χ2v) is 6.09. The first-order chi connectivity index (χ1) is 10.2. The first kappa shape index (κ1) is 16.3. The number of amides is 1. The zero-order valence-electron chi connectivity index (χ0n) is 12.6. The van der Waals surface area contributed by atoms with Gasteiger partial charge in [0.2, 0.25) is 0 Å². The number of nitrogens with zero attached hydrogens (tertiary/aromatic N) is 1. The number of halogens is 1. The van der Waals surface area contributed by atoms with Crippen LogP contribution in [0.2, 0.25) is 0 Å². The molecule has 1 heterocycles. The van der Waals surface area contributed by atoms with Crippen LogP contribution in [0, 0.1) is 0 Å². The molecule has 5 heteroatoms. The van der Waals surface area contributed by atoms with E-state index < -0.39 is 0 Å². The van der Waals surface area contributed by atoms with Crippen LogP contribution in [0.5, 0.6) is 5.75 Å². The zero-order valence-corrected chi connectivity index (χ0v) is 14.2. The molecule has 1 fully saturated rings. The van der Waals surface area contributed by atoms with Crippen molar-refractivity contribution in [3.63, 3.8) is 0 Å². The summed E-state index contributed by atoms with van der Waals surface area (Å²) < 4.78 is 11.8. The standard InChI is InChI=1S/C16H22BrNO3/c1-3-9-21-13-5-4-8-18(11-13)16(19)12-6-7-15(20-2)14(17)10-12/h6-7,10,13H,3-5,8-9,11H2,1-2H3. The number of carbonyl (C=O) groups is 1. The number of hydrogen-bond donors (Lipinski definition) is 0. The zero-order chi connectivity index (χ0) is 15.2. The Hall–Kier alpha value is -1.07. The van der Waals surface area contributed by atoms with Crippen molar-refractivity contribution in [2.24, 2.45) is 0 Å². The minimum Gasteiger partial charge on any atom is -0.496 e. The highest BCUT2D eigenvalue weighted by Gasteiger charge is 2.25. The van der Waals surface area contributed by atoms with Crippen molar-refractivity contribution in [3.8, 4) is 5.75 Å². The number of likely N-dealkylation sites (tertiary alicyclic amines) is 1. The van der Waals surface area contributed by atoms with Crippen molar-refractivity contribution in [3.05, 3.63) is 28.2 Å². The van der Waals surface area contributed by atoms with E-state index >= 15 is 0 Å². The Labute approximate surface area is 134 Å². The number of hydrogen-bond acceptors (Lipinski definition) is 3. The minimum absolute atomic E-state index is 0.0585. The van der Waals surface area contributed by atoms with Gasteiger partial charge in [-0.1, -0.05) is 6.92 Å². The van der Waals surface area contributed by atoms with Crippen LogP contribution in [-0.2, 0) is 4.74 Å². The van der Waals surface area contributed by atoms with E-state index in [0.717, 1.165) is 42.6 Å². The molecule has 0 spiro atoms. The smallest absolute Gasteiger partial charge is 0.253 e. The molecule has 1 aliphatic rings. The van der Waals surface area contributed by atoms with Crippen molar-refractivity contribution < 1.29 is 14.3 Å². The Bertz CT molecular complexity index is 492. The molecule has 1 unspecified atom stereocenters. The summed E-state index contributed by atoms with van der Waals surface area (Å²) in [6, 6.07) is 5.44. The van der Waals surface area contributed by atoms with Crippen LogP contribution in [-0.4, -0.2) is 43.7 Å². The first-order valence-corrected chi connectivity index (χ1v) is 8.19. The minimum atomic E-state index is 0.0585. The van der Waals surface area contributed by atoms with Crippen LogP contribution in [0.3, 0.4) is 0 Å². The van der Waals surface area contributed by atoms with Gasteiger partial charge < -0.3 is 14.4 Å². The molecule has 1 aromatic rings. The third kappa shape index (κ3) is 4.20. The maximum Gasteiger partial charge on any atom is 0.253 e. The van der Waals surface area contributed by atoms with Crippen LogP contribution < -0.4 is 4.74 Å². The van der Waals surface area contributed by atoms with Gasteiger partial charge in [-0.25, -0.2) is 0 Å². The summed E-state index contributed by atoms with van der Waals surface area (Å²) in [5, 5.41) is 0. The van der Waals surface area contributed by atoms with E-state index in [9.17, 15) is 4.79 Å². The Kier molecular flexibility index (Phi) is 6.06. The normalized spacial score (nSPS) is 18.6. The number of methoxy groups -OCH3 is 1. The second-order valence-electron chi connectivity index (χ2n) is 5.24. The van der Waals surface area contributed by atoms with Crippen LogP contribution in [0.25, 0.3) is 0 Å². The molecule has 1 aliphatic heterocycles. The van der Waals surface area contributed by atoms with Crippen molar-refractivity contribution in [1.29, 1.82) is 0 Å². The lowest BCUT2D eigenvalue weighted by molar-refractivity contribution is 0.00211. The van der Waals surface area contributed by atoms with Gasteiger partial charge in [-0.3, -0.25) is 4.79 Å². The summed E-state index contributed by atoms with van der Waals surface area (Å²) in [6.45, 7) is 4.35. The fourth-order valence-corrected chi connectivity index (χ4v) is 3.07. The summed E-state index contributed by atoms with van der Waals surface area (Å²) >= 11 is 3.43. The lowest BCUT2D eigenvalue weighted by atomic mass is 10.1. The topological polar surface area (TPSA) is 38.8 Å². The van der Waals surface area contributed by atoms with E-state index in [2.05, 4.69) is 22.9 Å². The summed E-state index contributed by atoms with van der Waals surface area (Å²) in [4.78, 5) is 14.5. The molecule has 1 amide bonds. The van der Waals surface area contributed by atoms with E-state index in [1.54, 1.807) is 7.11 Å². The van der Waals surface area contributed by atoms with Crippen molar-refractivity contribution >= 4 is 21.8 Å². The van der Waals surface area contributed by atoms with Crippen LogP contribution in [0.1, 0.15) is 36.5 Å². The third-order valence-corrected chi connectivity index (χ3v) is 4.24. The van der Waals surface area contributed by atoms with Crippen molar-refractivity contribution in [1.82, 2.24) is 4.90 Å². The number of benzene rings is 1. The second kappa shape index (κ2) is 7.80. The van der Waals surface area contributed by atoms with Crippen molar-refractivity contribution in [2.45, 2.75) is 32.3 Å². The molecule has 21 heavy (non-hydrogen) atoms. The molecular formula is C16H22BrNO3. The van der Waals surface area contributed by atoms with Gasteiger partial charge in [0.05, 0.1) is 17.7 Å². The SMILES string of the molecule is CCCOC1CCCN(C(=O)c2ccc(OC)c(Br)c2)C1. The molecule has 116 valence electrons. The molecule has 1 atom stereocenters. The fraction of sp³-hybridized carbons (Fsp3) is 0.562. The maximum atomic E-state index is 12.6. The molecule has 0 N–H and O–H groups in total. The molecule has 0 saturated carbocycles. The van der Waals surface area contributed by atoms with E-state index in [1.807, 2.05) is 23.1 Å². The Balaban J connectivity index is 2.03. The third-order valence-electron chi connectivity index (χ3n) is 3.62. The highest BCUT2D eigenvalue weighted by molar-refractivity contribution is 9.10. The number of piperidine rings is 1. The number of carbonyl (C=O) groups excluding carboxylic acids is 1. The summed E-state index contributed by atoms with van der Waals surface area (Å²) in [6.07, 6.45) is 3.22. The summed E-state index contributed by atoms with van der Waals surface area (Å²) in [5.74, 6) is 0.789. The molecule has 2 rings (SSSR count). The molecule has 1 saturated heterocycles. The highest BCUT2D eigenvalue weighted by atomic mass is 79.9. The molecule has 0 aromatic heterocycles. The Morgan fingerprint density at radius 1 is 1.48 bits per heavy atom. The van der Waals surface area contributed by atoms with Crippen LogP contribution in [0.15, 0.2) is 22.7 Å². The molecule has 0 bridgehead atoms. The quantitative estimate of drug-likeness (QED) is 0.811. The predicted octanol–water partition coefficient (Wildman–Crippen LogP) is 3.49. The number of rotatable bonds is 5. The summed E-state index contributed by atoms with van der Waals surface area (Å²) in [5.41, 5.74) is 0.679. The van der Waals surface area contributed by atoms with Crippen molar-refractivity contribution in [2.75, 3.05) is 26.8 Å². The molecular weight excluding hydrogens is 334 g/mol. The van der Waals surface area contributed by atoms with Crippen LogP contribution >= 0.6 is 15.9 Å². The lowest BCUT2D eigenvalue weighted by Crippen LogP contribution is -2.43. The van der Waals surface area contributed by atoms with Gasteiger partial charge in [-0.2, -0.15) is 0 Å². The van der Waals surface area contributed by atoms with E-state index in [1.165, 1.54) is 0 Å². The van der Waals surface area contributed by atoms with Gasteiger partial charge >= 0.3 is 0 Å². The molecule has 1 aromatic carbocycles. The van der Waals surface area contributed by atoms with Gasteiger partial charge in [-0.15, -0.1) is 0 Å². The van der Waals surface area contributed by atoms with E-state index in [0.29, 0.717) is 12.1 Å². The Morgan fingerprint density at radius 3 is 2.95 bits per heavy atom. The van der Waals surface area contributed by atoms with E-state index in [4.69, 9.17) is 9.47 Å². The Morgan fingerprint density at radius 2 is 2.29 bits per heavy atom. The predicted molar refractivity (Wildman–Crippen MR) is 85.9 cm³/mol. The fourth-order valence-electron chi connectivity index (χ4n) is 2.53. The average molecular weight is 356 g/mol. The first-order valence-electron chi connectivity index (χ1n) is 7.40. The van der Waals surface area contributed by atoms with Gasteiger partial charge in [0.1, 0.15) is 5.75 Å². The highest BCUT2D eigenvalue weighted by Crippen LogP contribution is 2.26. The monoisotopic (exact) mass is 355 g/mol. The van der Waals surface area contributed by atoms with Gasteiger partial charge in [0, 0.05) is 25.3 Å². The van der Waals surface area contributed by atoms with Gasteiger partial charge in [-0.05, 0) is 53.4 Å². The molecule has 0 aliphatic carbocycles.